The number of carbonyl (C=O) groups is 3. The highest BCUT2D eigenvalue weighted by Gasteiger charge is 2.81. The van der Waals surface area contributed by atoms with Crippen molar-refractivity contribution in [3.05, 3.63) is 51.8 Å². The van der Waals surface area contributed by atoms with Crippen molar-refractivity contribution < 1.29 is 38.4 Å². The summed E-state index contributed by atoms with van der Waals surface area (Å²) < 4.78 is 26.2. The predicted molar refractivity (Wildman–Crippen MR) is 169 cm³/mol. The molecule has 3 aliphatic heterocycles. The van der Waals surface area contributed by atoms with Gasteiger partial charge in [0.15, 0.2) is 22.8 Å². The van der Waals surface area contributed by atoms with Gasteiger partial charge in [0.2, 0.25) is 0 Å². The number of phenolic OH excluding ortho intramolecular Hbond substituents is 1. The van der Waals surface area contributed by atoms with Crippen LogP contribution in [-0.4, -0.2) is 45.5 Å². The maximum absolute atomic E-state index is 15.0. The van der Waals surface area contributed by atoms with Gasteiger partial charge in [0.25, 0.3) is 6.47 Å². The van der Waals surface area contributed by atoms with E-state index in [4.69, 9.17) is 18.9 Å². The number of fused-ring (bicyclic) bond motifs is 3. The Hall–Kier alpha value is -3.39. The zero-order chi connectivity index (χ0) is 32.9. The highest BCUT2D eigenvalue weighted by atomic mass is 16.6. The molecule has 0 aromatic heterocycles. The number of hydrogen-bond acceptors (Lipinski definition) is 8. The van der Waals surface area contributed by atoms with Gasteiger partial charge in [-0.05, 0) is 84.6 Å². The lowest BCUT2D eigenvalue weighted by Gasteiger charge is -2.70. The van der Waals surface area contributed by atoms with Gasteiger partial charge in [0, 0.05) is 46.8 Å². The lowest BCUT2D eigenvalue weighted by Crippen LogP contribution is -2.72. The molecule has 8 bridgehead atoms. The molecule has 1 aromatic carbocycles. The SMILES string of the molecule is CC(C)=CCc1c2c(c(O)c3c1O[C@@]1(C)CCC4C3C1C4(C)C)C(=O)C1=CC3CC4C(C)(C)O[C@](C/C=C(/C)OC=O)(C3=O)[C@@]14O2. The van der Waals surface area contributed by atoms with Crippen molar-refractivity contribution in [3.63, 3.8) is 0 Å². The van der Waals surface area contributed by atoms with Crippen molar-refractivity contribution in [3.8, 4) is 17.2 Å². The van der Waals surface area contributed by atoms with E-state index in [9.17, 15) is 19.5 Å². The number of phenols is 1. The van der Waals surface area contributed by atoms with Crippen molar-refractivity contribution in [2.75, 3.05) is 0 Å². The Kier molecular flexibility index (Phi) is 5.83. The van der Waals surface area contributed by atoms with Crippen LogP contribution in [0.5, 0.6) is 17.2 Å². The summed E-state index contributed by atoms with van der Waals surface area (Å²) in [7, 11) is 0. The summed E-state index contributed by atoms with van der Waals surface area (Å²) in [6, 6.07) is 0. The number of aromatic hydroxyl groups is 1. The Bertz CT molecular complexity index is 1740. The van der Waals surface area contributed by atoms with Crippen LogP contribution in [0.1, 0.15) is 108 Å². The zero-order valence-electron chi connectivity index (χ0n) is 28.0. The fourth-order valence-electron chi connectivity index (χ4n) is 11.3. The van der Waals surface area contributed by atoms with E-state index >= 15 is 0 Å². The van der Waals surface area contributed by atoms with Crippen LogP contribution in [0.4, 0.5) is 0 Å². The lowest BCUT2D eigenvalue weighted by molar-refractivity contribution is -0.214. The van der Waals surface area contributed by atoms with Gasteiger partial charge in [-0.3, -0.25) is 14.4 Å². The second-order valence-electron chi connectivity index (χ2n) is 16.4. The van der Waals surface area contributed by atoms with Gasteiger partial charge >= 0.3 is 0 Å². The van der Waals surface area contributed by atoms with Gasteiger partial charge in [-0.25, -0.2) is 0 Å². The summed E-state index contributed by atoms with van der Waals surface area (Å²) in [5.41, 5.74) is -0.973. The van der Waals surface area contributed by atoms with Crippen molar-refractivity contribution in [1.82, 2.24) is 0 Å². The third-order valence-corrected chi connectivity index (χ3v) is 13.1. The molecule has 0 radical (unpaired) electrons. The summed E-state index contributed by atoms with van der Waals surface area (Å²) >= 11 is 0. The molecule has 244 valence electrons. The Morgan fingerprint density at radius 2 is 1.80 bits per heavy atom. The molecule has 5 fully saturated rings. The normalized spacial score (nSPS) is 39.5. The van der Waals surface area contributed by atoms with E-state index < -0.39 is 28.3 Å². The quantitative estimate of drug-likeness (QED) is 0.211. The number of ketones is 2. The highest BCUT2D eigenvalue weighted by Crippen LogP contribution is 2.76. The molecule has 10 rings (SSSR count). The Morgan fingerprint density at radius 1 is 1.07 bits per heavy atom. The van der Waals surface area contributed by atoms with Crippen molar-refractivity contribution >= 4 is 18.0 Å². The fraction of sp³-hybridized carbons (Fsp3) is 0.605. The summed E-state index contributed by atoms with van der Waals surface area (Å²) in [6.07, 6.45) is 8.48. The molecule has 9 aliphatic rings. The summed E-state index contributed by atoms with van der Waals surface area (Å²) in [5, 5.41) is 12.2. The molecule has 1 N–H and O–H groups in total. The Balaban J connectivity index is 1.39. The molecule has 1 saturated heterocycles. The summed E-state index contributed by atoms with van der Waals surface area (Å²) in [4.78, 5) is 40.5. The topological polar surface area (TPSA) is 108 Å². The minimum Gasteiger partial charge on any atom is -0.507 e. The third kappa shape index (κ3) is 3.27. The first-order chi connectivity index (χ1) is 21.6. The Morgan fingerprint density at radius 3 is 2.48 bits per heavy atom. The first-order valence-corrected chi connectivity index (χ1v) is 16.8. The van der Waals surface area contributed by atoms with Gasteiger partial charge in [-0.15, -0.1) is 0 Å². The fourth-order valence-corrected chi connectivity index (χ4v) is 11.3. The number of rotatable bonds is 6. The number of carbonyl (C=O) groups excluding carboxylic acids is 3. The van der Waals surface area contributed by atoms with Gasteiger partial charge < -0.3 is 24.1 Å². The van der Waals surface area contributed by atoms with Crippen molar-refractivity contribution in [2.45, 2.75) is 116 Å². The number of Topliss-reactive ketones (excluding diaryl/α,β-unsaturated/α-hetero) is 2. The van der Waals surface area contributed by atoms with E-state index in [0.717, 1.165) is 29.5 Å². The van der Waals surface area contributed by atoms with E-state index in [2.05, 4.69) is 26.8 Å². The number of benzene rings is 1. The Labute approximate surface area is 270 Å². The molecular weight excluding hydrogens is 584 g/mol. The van der Waals surface area contributed by atoms with Gasteiger partial charge in [0.1, 0.15) is 34.2 Å². The van der Waals surface area contributed by atoms with E-state index in [1.54, 1.807) is 19.1 Å². The molecule has 8 atom stereocenters. The first-order valence-electron chi connectivity index (χ1n) is 16.8. The molecule has 46 heavy (non-hydrogen) atoms. The third-order valence-electron chi connectivity index (χ3n) is 13.1. The molecule has 4 saturated carbocycles. The van der Waals surface area contributed by atoms with Crippen molar-refractivity contribution in [2.24, 2.45) is 29.1 Å². The second-order valence-corrected chi connectivity index (χ2v) is 16.4. The zero-order valence-corrected chi connectivity index (χ0v) is 28.0. The van der Waals surface area contributed by atoms with Crippen LogP contribution in [0.25, 0.3) is 0 Å². The van der Waals surface area contributed by atoms with Crippen LogP contribution in [0, 0.1) is 29.1 Å². The van der Waals surface area contributed by atoms with E-state index in [0.29, 0.717) is 48.1 Å². The standard InChI is InChI=1S/C38H44O8/c1-18(2)9-10-21-30-26(25-22-12-13-36(8,44-30)32(25)34(22,4)5)29(41)27-28(40)23-15-20-16-24-35(6,7)46-37(33(20)42,14-11-19(3)43-17-39)38(23,24)45-31(21)27/h9,11,15,17,20,22,24-25,32,41H,10,12-14,16H2,1-8H3/b19-11-/t20?,22?,24?,25?,32?,36-,37+,38+/m0/s1. The minimum atomic E-state index is -1.52. The average molecular weight is 629 g/mol. The molecule has 8 nitrogen and oxygen atoms in total. The van der Waals surface area contributed by atoms with Crippen LogP contribution in [0.2, 0.25) is 0 Å². The summed E-state index contributed by atoms with van der Waals surface area (Å²) in [5.74, 6) is 0.590. The number of hydrogen-bond donors (Lipinski definition) is 1. The summed E-state index contributed by atoms with van der Waals surface area (Å²) in [6.45, 7) is 16.8. The van der Waals surface area contributed by atoms with Gasteiger partial charge in [-0.1, -0.05) is 31.6 Å². The molecule has 1 spiro atoms. The second kappa shape index (κ2) is 8.94. The highest BCUT2D eigenvalue weighted by molar-refractivity contribution is 6.18. The molecule has 6 aliphatic carbocycles. The molecule has 0 amide bonds. The molecule has 3 heterocycles. The maximum Gasteiger partial charge on any atom is 0.298 e. The first kappa shape index (κ1) is 30.0. The van der Waals surface area contributed by atoms with E-state index in [-0.39, 0.29) is 52.5 Å². The van der Waals surface area contributed by atoms with Crippen LogP contribution in [0.3, 0.4) is 0 Å². The molecule has 8 heteroatoms. The van der Waals surface area contributed by atoms with Crippen LogP contribution in [0.15, 0.2) is 35.1 Å². The van der Waals surface area contributed by atoms with Gasteiger partial charge in [0.05, 0.1) is 5.60 Å². The van der Waals surface area contributed by atoms with Crippen LogP contribution in [-0.2, 0) is 25.5 Å². The number of ether oxygens (including phenoxy) is 4. The largest absolute Gasteiger partial charge is 0.507 e. The molecular formula is C38H44O8. The van der Waals surface area contributed by atoms with Crippen LogP contribution >= 0.6 is 0 Å². The minimum absolute atomic E-state index is 0.0457. The predicted octanol–water partition coefficient (Wildman–Crippen LogP) is 6.68. The van der Waals surface area contributed by atoms with Gasteiger partial charge in [-0.2, -0.15) is 0 Å². The van der Waals surface area contributed by atoms with Crippen LogP contribution < -0.4 is 9.47 Å². The maximum atomic E-state index is 15.0. The lowest BCUT2D eigenvalue weighted by atomic mass is 9.37. The van der Waals surface area contributed by atoms with Crippen molar-refractivity contribution in [1.29, 1.82) is 0 Å². The number of allylic oxidation sites excluding steroid dienone is 4. The monoisotopic (exact) mass is 628 g/mol. The van der Waals surface area contributed by atoms with E-state index in [1.165, 1.54) is 0 Å². The molecule has 1 aromatic rings. The average Bonchev–Trinajstić information content (AvgIpc) is 3.12. The molecule has 5 unspecified atom stereocenters. The smallest absolute Gasteiger partial charge is 0.298 e. The van der Waals surface area contributed by atoms with E-state index in [1.807, 2.05) is 27.7 Å².